The minimum Gasteiger partial charge on any atom is -0.357 e. The minimum atomic E-state index is 0.275. The maximum Gasteiger partial charge on any atom is 0.149 e. The van der Waals surface area contributed by atoms with Gasteiger partial charge in [-0.3, -0.25) is 0 Å². The molecular weight excluding hydrogens is 198 g/mol. The SMILES string of the molecule is CCN(CC)c1ccc(C#N)c(Cl)n1. The van der Waals surface area contributed by atoms with Crippen LogP contribution in [0, 0.1) is 11.3 Å². The summed E-state index contributed by atoms with van der Waals surface area (Å²) in [6, 6.07) is 5.50. The summed E-state index contributed by atoms with van der Waals surface area (Å²) in [5.41, 5.74) is 0.419. The van der Waals surface area contributed by atoms with E-state index in [0.29, 0.717) is 5.56 Å². The summed E-state index contributed by atoms with van der Waals surface area (Å²) in [5, 5.41) is 8.95. The lowest BCUT2D eigenvalue weighted by atomic mass is 10.3. The Balaban J connectivity index is 3.02. The number of halogens is 1. The van der Waals surface area contributed by atoms with E-state index in [1.807, 2.05) is 12.1 Å². The summed E-state index contributed by atoms with van der Waals surface area (Å²) in [4.78, 5) is 6.23. The molecular formula is C10H12ClN3. The highest BCUT2D eigenvalue weighted by molar-refractivity contribution is 6.30. The molecule has 0 amide bonds. The molecule has 0 fully saturated rings. The van der Waals surface area contributed by atoms with E-state index in [4.69, 9.17) is 16.9 Å². The molecule has 4 heteroatoms. The quantitative estimate of drug-likeness (QED) is 0.718. The van der Waals surface area contributed by atoms with Crippen molar-refractivity contribution in [3.63, 3.8) is 0 Å². The molecule has 1 aromatic heterocycles. The minimum absolute atomic E-state index is 0.275. The monoisotopic (exact) mass is 209 g/mol. The summed E-state index contributed by atoms with van der Waals surface area (Å²) in [7, 11) is 0. The third kappa shape index (κ3) is 2.15. The van der Waals surface area contributed by atoms with Crippen molar-refractivity contribution in [2.45, 2.75) is 13.8 Å². The average molecular weight is 210 g/mol. The van der Waals surface area contributed by atoms with Gasteiger partial charge in [0, 0.05) is 13.1 Å². The van der Waals surface area contributed by atoms with Gasteiger partial charge in [0.25, 0.3) is 0 Å². The predicted octanol–water partition coefficient (Wildman–Crippen LogP) is 2.45. The first-order chi connectivity index (χ1) is 6.72. The third-order valence-electron chi connectivity index (χ3n) is 2.04. The zero-order valence-corrected chi connectivity index (χ0v) is 9.04. The highest BCUT2D eigenvalue weighted by Crippen LogP contribution is 2.18. The molecule has 3 nitrogen and oxygen atoms in total. The van der Waals surface area contributed by atoms with Gasteiger partial charge in [-0.05, 0) is 26.0 Å². The molecule has 0 spiro atoms. The zero-order valence-electron chi connectivity index (χ0n) is 8.29. The van der Waals surface area contributed by atoms with E-state index in [1.54, 1.807) is 6.07 Å². The van der Waals surface area contributed by atoms with Crippen molar-refractivity contribution in [1.82, 2.24) is 4.98 Å². The Morgan fingerprint density at radius 1 is 1.43 bits per heavy atom. The first kappa shape index (κ1) is 10.8. The lowest BCUT2D eigenvalue weighted by Crippen LogP contribution is -2.22. The van der Waals surface area contributed by atoms with Gasteiger partial charge >= 0.3 is 0 Å². The summed E-state index contributed by atoms with van der Waals surface area (Å²) in [6.45, 7) is 5.87. The molecule has 0 bridgehead atoms. The van der Waals surface area contributed by atoms with Crippen molar-refractivity contribution >= 4 is 17.4 Å². The third-order valence-corrected chi connectivity index (χ3v) is 2.33. The summed E-state index contributed by atoms with van der Waals surface area (Å²) in [5.74, 6) is 0.819. The smallest absolute Gasteiger partial charge is 0.149 e. The van der Waals surface area contributed by atoms with E-state index in [9.17, 15) is 0 Å². The fraction of sp³-hybridized carbons (Fsp3) is 0.400. The van der Waals surface area contributed by atoms with Gasteiger partial charge < -0.3 is 4.90 Å². The van der Waals surface area contributed by atoms with Crippen LogP contribution in [0.3, 0.4) is 0 Å². The molecule has 74 valence electrons. The maximum absolute atomic E-state index is 8.67. The van der Waals surface area contributed by atoms with Gasteiger partial charge in [-0.2, -0.15) is 5.26 Å². The highest BCUT2D eigenvalue weighted by Gasteiger charge is 2.06. The van der Waals surface area contributed by atoms with E-state index >= 15 is 0 Å². The Kier molecular flexibility index (Phi) is 3.73. The molecule has 14 heavy (non-hydrogen) atoms. The van der Waals surface area contributed by atoms with E-state index in [1.165, 1.54) is 0 Å². The van der Waals surface area contributed by atoms with Gasteiger partial charge in [-0.15, -0.1) is 0 Å². The average Bonchev–Trinajstić information content (AvgIpc) is 2.20. The lowest BCUT2D eigenvalue weighted by Gasteiger charge is -2.19. The van der Waals surface area contributed by atoms with Crippen molar-refractivity contribution in [1.29, 1.82) is 5.26 Å². The standard InChI is InChI=1S/C10H12ClN3/c1-3-14(4-2)9-6-5-8(7-12)10(11)13-9/h5-6H,3-4H2,1-2H3. The van der Waals surface area contributed by atoms with Crippen LogP contribution in [0.2, 0.25) is 5.15 Å². The molecule has 0 saturated carbocycles. The lowest BCUT2D eigenvalue weighted by molar-refractivity contribution is 0.846. The van der Waals surface area contributed by atoms with Crippen molar-refractivity contribution in [3.8, 4) is 6.07 Å². The van der Waals surface area contributed by atoms with Crippen molar-refractivity contribution < 1.29 is 0 Å². The van der Waals surface area contributed by atoms with Crippen LogP contribution in [0.4, 0.5) is 5.82 Å². The van der Waals surface area contributed by atoms with E-state index in [2.05, 4.69) is 23.7 Å². The van der Waals surface area contributed by atoms with Crippen LogP contribution in [0.1, 0.15) is 19.4 Å². The number of anilines is 1. The van der Waals surface area contributed by atoms with Crippen LogP contribution in [0.5, 0.6) is 0 Å². The molecule has 0 aliphatic rings. The number of hydrogen-bond acceptors (Lipinski definition) is 3. The highest BCUT2D eigenvalue weighted by atomic mass is 35.5. The Bertz CT molecular complexity index is 353. The molecule has 0 atom stereocenters. The Hall–Kier alpha value is -1.27. The van der Waals surface area contributed by atoms with Gasteiger partial charge in [0.05, 0.1) is 5.56 Å². The van der Waals surface area contributed by atoms with Crippen LogP contribution < -0.4 is 4.90 Å². The van der Waals surface area contributed by atoms with E-state index in [-0.39, 0.29) is 5.15 Å². The molecule has 0 N–H and O–H groups in total. The fourth-order valence-electron chi connectivity index (χ4n) is 1.23. The van der Waals surface area contributed by atoms with Crippen molar-refractivity contribution in [2.24, 2.45) is 0 Å². The van der Waals surface area contributed by atoms with Crippen molar-refractivity contribution in [3.05, 3.63) is 22.8 Å². The molecule has 0 radical (unpaired) electrons. The number of aromatic nitrogens is 1. The first-order valence-electron chi connectivity index (χ1n) is 4.54. The molecule has 1 aromatic rings. The molecule has 0 aromatic carbocycles. The number of hydrogen-bond donors (Lipinski definition) is 0. The molecule has 0 unspecified atom stereocenters. The molecule has 1 rings (SSSR count). The van der Waals surface area contributed by atoms with Crippen LogP contribution >= 0.6 is 11.6 Å². The maximum atomic E-state index is 8.67. The molecule has 0 aliphatic carbocycles. The molecule has 1 heterocycles. The van der Waals surface area contributed by atoms with Crippen LogP contribution in [-0.4, -0.2) is 18.1 Å². The zero-order chi connectivity index (χ0) is 10.6. The molecule has 0 aliphatic heterocycles. The second-order valence-electron chi connectivity index (χ2n) is 2.79. The Labute approximate surface area is 88.9 Å². The second kappa shape index (κ2) is 4.83. The van der Waals surface area contributed by atoms with E-state index in [0.717, 1.165) is 18.9 Å². The van der Waals surface area contributed by atoms with E-state index < -0.39 is 0 Å². The summed E-state index contributed by atoms with van der Waals surface area (Å²) < 4.78 is 0. The van der Waals surface area contributed by atoms with Gasteiger partial charge in [-0.25, -0.2) is 4.98 Å². The van der Waals surface area contributed by atoms with Gasteiger partial charge in [0.2, 0.25) is 0 Å². The molecule has 0 saturated heterocycles. The second-order valence-corrected chi connectivity index (χ2v) is 3.15. The van der Waals surface area contributed by atoms with Crippen LogP contribution in [0.25, 0.3) is 0 Å². The van der Waals surface area contributed by atoms with Gasteiger partial charge in [0.15, 0.2) is 0 Å². The first-order valence-corrected chi connectivity index (χ1v) is 4.92. The van der Waals surface area contributed by atoms with Crippen LogP contribution in [0.15, 0.2) is 12.1 Å². The van der Waals surface area contributed by atoms with Gasteiger partial charge in [-0.1, -0.05) is 11.6 Å². The number of nitrogens with zero attached hydrogens (tertiary/aromatic N) is 3. The summed E-state index contributed by atoms with van der Waals surface area (Å²) in [6.07, 6.45) is 0. The normalized spacial score (nSPS) is 9.57. The number of rotatable bonds is 3. The van der Waals surface area contributed by atoms with Crippen molar-refractivity contribution in [2.75, 3.05) is 18.0 Å². The predicted molar refractivity (Wildman–Crippen MR) is 57.5 cm³/mol. The van der Waals surface area contributed by atoms with Gasteiger partial charge in [0.1, 0.15) is 17.0 Å². The Morgan fingerprint density at radius 3 is 2.50 bits per heavy atom. The fourth-order valence-corrected chi connectivity index (χ4v) is 1.42. The number of pyridine rings is 1. The Morgan fingerprint density at radius 2 is 2.07 bits per heavy atom. The number of nitriles is 1. The summed E-state index contributed by atoms with van der Waals surface area (Å²) >= 11 is 5.83. The largest absolute Gasteiger partial charge is 0.357 e. The topological polar surface area (TPSA) is 39.9 Å². The van der Waals surface area contributed by atoms with Crippen LogP contribution in [-0.2, 0) is 0 Å².